The highest BCUT2D eigenvalue weighted by molar-refractivity contribution is 6.01. The normalized spacial score (nSPS) is 10.5. The maximum atomic E-state index is 13.1. The van der Waals surface area contributed by atoms with E-state index < -0.39 is 17.4 Å². The van der Waals surface area contributed by atoms with Crippen molar-refractivity contribution in [1.29, 1.82) is 0 Å². The number of hydrogen-bond donors (Lipinski definition) is 3. The van der Waals surface area contributed by atoms with E-state index in [1.54, 1.807) is 48.5 Å². The van der Waals surface area contributed by atoms with Crippen molar-refractivity contribution in [3.05, 3.63) is 89.0 Å². The van der Waals surface area contributed by atoms with Crippen molar-refractivity contribution in [2.24, 2.45) is 0 Å². The lowest BCUT2D eigenvalue weighted by Crippen LogP contribution is -2.20. The number of halogens is 1. The molecule has 0 saturated carbocycles. The number of aromatic nitrogens is 3. The number of ether oxygens (including phenoxy) is 1. The fourth-order valence-corrected chi connectivity index (χ4v) is 3.14. The maximum absolute atomic E-state index is 13.1. The molecule has 4 rings (SSSR count). The summed E-state index contributed by atoms with van der Waals surface area (Å²) in [6.07, 6.45) is 0. The molecule has 166 valence electrons. The average molecular weight is 445 g/mol. The predicted octanol–water partition coefficient (Wildman–Crippen LogP) is 4.68. The van der Waals surface area contributed by atoms with Gasteiger partial charge in [-0.2, -0.15) is 0 Å². The van der Waals surface area contributed by atoms with Gasteiger partial charge in [-0.1, -0.05) is 12.1 Å². The summed E-state index contributed by atoms with van der Waals surface area (Å²) in [6.45, 7) is 2.44. The minimum atomic E-state index is -0.532. The molecule has 33 heavy (non-hydrogen) atoms. The number of anilines is 2. The highest BCUT2D eigenvalue weighted by Gasteiger charge is 2.13. The summed E-state index contributed by atoms with van der Waals surface area (Å²) < 4.78 is 18.5. The van der Waals surface area contributed by atoms with Crippen LogP contribution >= 0.6 is 0 Å². The van der Waals surface area contributed by atoms with Crippen LogP contribution in [-0.4, -0.2) is 27.8 Å². The van der Waals surface area contributed by atoms with Gasteiger partial charge in [-0.3, -0.25) is 4.79 Å². The molecule has 8 nitrogen and oxygen atoms in total. The molecular formula is C24H20FN5O3. The molecule has 0 radical (unpaired) electrons. The molecule has 3 aromatic carbocycles. The Hall–Kier alpha value is -4.53. The molecule has 4 aromatic rings. The Morgan fingerprint density at radius 2 is 1.70 bits per heavy atom. The van der Waals surface area contributed by atoms with Crippen LogP contribution in [0.5, 0.6) is 5.75 Å². The molecule has 0 saturated heterocycles. The number of carbonyl (C=O) groups is 1. The SMILES string of the molecule is CCOc1ccc(-c2nnc(-c3ccccc3NC(=O)Nc3ccc(F)cc3)[nH]c2=O)cc1. The number of aromatic amines is 1. The number of nitrogens with zero attached hydrogens (tertiary/aromatic N) is 2. The fraction of sp³-hybridized carbons (Fsp3) is 0.0833. The summed E-state index contributed by atoms with van der Waals surface area (Å²) in [5.41, 5.74) is 1.67. The molecule has 0 fully saturated rings. The molecule has 3 N–H and O–H groups in total. The van der Waals surface area contributed by atoms with Gasteiger partial charge in [0, 0.05) is 16.8 Å². The lowest BCUT2D eigenvalue weighted by atomic mass is 10.1. The van der Waals surface area contributed by atoms with Crippen LogP contribution in [0.2, 0.25) is 0 Å². The summed E-state index contributed by atoms with van der Waals surface area (Å²) in [4.78, 5) is 27.8. The Labute approximate surface area is 188 Å². The number of para-hydroxylation sites is 1. The largest absolute Gasteiger partial charge is 0.494 e. The van der Waals surface area contributed by atoms with Crippen LogP contribution in [0, 0.1) is 5.82 Å². The van der Waals surface area contributed by atoms with Crippen LogP contribution in [-0.2, 0) is 0 Å². The molecule has 0 aliphatic rings. The number of nitrogens with one attached hydrogen (secondary N) is 3. The van der Waals surface area contributed by atoms with Crippen molar-refractivity contribution >= 4 is 17.4 Å². The van der Waals surface area contributed by atoms with Crippen molar-refractivity contribution in [2.75, 3.05) is 17.2 Å². The second kappa shape index (κ2) is 9.73. The number of rotatable bonds is 6. The van der Waals surface area contributed by atoms with E-state index in [1.165, 1.54) is 24.3 Å². The first kappa shape index (κ1) is 21.7. The molecule has 9 heteroatoms. The van der Waals surface area contributed by atoms with Crippen LogP contribution in [0.1, 0.15) is 6.92 Å². The van der Waals surface area contributed by atoms with E-state index >= 15 is 0 Å². The number of benzene rings is 3. The summed E-state index contributed by atoms with van der Waals surface area (Å²) in [5, 5.41) is 13.6. The van der Waals surface area contributed by atoms with Crippen molar-refractivity contribution in [2.45, 2.75) is 6.92 Å². The Balaban J connectivity index is 1.56. The van der Waals surface area contributed by atoms with Crippen LogP contribution < -0.4 is 20.9 Å². The number of amides is 2. The number of carbonyl (C=O) groups excluding carboxylic acids is 1. The molecular weight excluding hydrogens is 425 g/mol. The molecule has 2 amide bonds. The van der Waals surface area contributed by atoms with Gasteiger partial charge in [-0.25, -0.2) is 9.18 Å². The summed E-state index contributed by atoms with van der Waals surface area (Å²) in [6, 6.07) is 18.7. The number of urea groups is 1. The van der Waals surface area contributed by atoms with E-state index in [0.717, 1.165) is 0 Å². The minimum absolute atomic E-state index is 0.168. The molecule has 1 aromatic heterocycles. The Morgan fingerprint density at radius 1 is 0.970 bits per heavy atom. The van der Waals surface area contributed by atoms with Gasteiger partial charge in [0.2, 0.25) is 0 Å². The van der Waals surface area contributed by atoms with Gasteiger partial charge in [-0.05, 0) is 67.6 Å². The van der Waals surface area contributed by atoms with Gasteiger partial charge < -0.3 is 20.4 Å². The summed E-state index contributed by atoms with van der Waals surface area (Å²) in [7, 11) is 0. The van der Waals surface area contributed by atoms with Gasteiger partial charge in [-0.15, -0.1) is 10.2 Å². The zero-order valence-electron chi connectivity index (χ0n) is 17.6. The van der Waals surface area contributed by atoms with Crippen molar-refractivity contribution in [3.63, 3.8) is 0 Å². The summed E-state index contributed by atoms with van der Waals surface area (Å²) in [5.74, 6) is 0.496. The molecule has 0 unspecified atom stereocenters. The first-order valence-electron chi connectivity index (χ1n) is 10.2. The van der Waals surface area contributed by atoms with Crippen molar-refractivity contribution < 1.29 is 13.9 Å². The average Bonchev–Trinajstić information content (AvgIpc) is 2.82. The van der Waals surface area contributed by atoms with Crippen molar-refractivity contribution in [3.8, 4) is 28.4 Å². The number of H-pyrrole nitrogens is 1. The molecule has 0 bridgehead atoms. The third-order valence-electron chi connectivity index (χ3n) is 4.67. The third kappa shape index (κ3) is 5.21. The zero-order valence-corrected chi connectivity index (χ0v) is 17.6. The van der Waals surface area contributed by atoms with Crippen LogP contribution in [0.4, 0.5) is 20.6 Å². The predicted molar refractivity (Wildman–Crippen MR) is 124 cm³/mol. The first-order chi connectivity index (χ1) is 16.0. The fourth-order valence-electron chi connectivity index (χ4n) is 3.14. The Kier molecular flexibility index (Phi) is 6.40. The lowest BCUT2D eigenvalue weighted by Gasteiger charge is -2.11. The van der Waals surface area contributed by atoms with Crippen LogP contribution in [0.25, 0.3) is 22.6 Å². The van der Waals surface area contributed by atoms with Gasteiger partial charge in [0.1, 0.15) is 11.6 Å². The minimum Gasteiger partial charge on any atom is -0.494 e. The second-order valence-corrected chi connectivity index (χ2v) is 6.94. The molecule has 0 aliphatic heterocycles. The quantitative estimate of drug-likeness (QED) is 0.399. The van der Waals surface area contributed by atoms with E-state index in [9.17, 15) is 14.0 Å². The first-order valence-corrected chi connectivity index (χ1v) is 10.2. The number of hydrogen-bond acceptors (Lipinski definition) is 5. The van der Waals surface area contributed by atoms with Gasteiger partial charge in [0.15, 0.2) is 11.5 Å². The lowest BCUT2D eigenvalue weighted by molar-refractivity contribution is 0.262. The highest BCUT2D eigenvalue weighted by Crippen LogP contribution is 2.25. The van der Waals surface area contributed by atoms with E-state index in [2.05, 4.69) is 25.8 Å². The van der Waals surface area contributed by atoms with Gasteiger partial charge >= 0.3 is 6.03 Å². The van der Waals surface area contributed by atoms with E-state index in [-0.39, 0.29) is 11.5 Å². The standard InChI is InChI=1S/C24H20FN5O3/c1-2-33-18-13-7-15(8-14-18)21-23(31)28-22(30-29-21)19-5-3-4-6-20(19)27-24(32)26-17-11-9-16(25)10-12-17/h3-14H,2H2,1H3,(H2,26,27,32)(H,28,30,31). The summed E-state index contributed by atoms with van der Waals surface area (Å²) >= 11 is 0. The molecule has 0 atom stereocenters. The molecule has 1 heterocycles. The van der Waals surface area contributed by atoms with Gasteiger partial charge in [0.25, 0.3) is 5.56 Å². The van der Waals surface area contributed by atoms with Crippen LogP contribution in [0.3, 0.4) is 0 Å². The highest BCUT2D eigenvalue weighted by atomic mass is 19.1. The molecule has 0 aliphatic carbocycles. The van der Waals surface area contributed by atoms with E-state index in [1.807, 2.05) is 6.92 Å². The van der Waals surface area contributed by atoms with E-state index in [0.29, 0.717) is 34.9 Å². The monoisotopic (exact) mass is 445 g/mol. The second-order valence-electron chi connectivity index (χ2n) is 6.94. The third-order valence-corrected chi connectivity index (χ3v) is 4.67. The molecule has 0 spiro atoms. The van der Waals surface area contributed by atoms with E-state index in [4.69, 9.17) is 4.74 Å². The topological polar surface area (TPSA) is 109 Å². The Morgan fingerprint density at radius 3 is 2.39 bits per heavy atom. The van der Waals surface area contributed by atoms with Crippen LogP contribution in [0.15, 0.2) is 77.6 Å². The van der Waals surface area contributed by atoms with Crippen molar-refractivity contribution in [1.82, 2.24) is 15.2 Å². The Bertz CT molecular complexity index is 1320. The smallest absolute Gasteiger partial charge is 0.323 e. The van der Waals surface area contributed by atoms with Gasteiger partial charge in [0.05, 0.1) is 12.3 Å². The maximum Gasteiger partial charge on any atom is 0.323 e. The zero-order chi connectivity index (χ0) is 23.2.